The first-order valence-corrected chi connectivity index (χ1v) is 4.78. The van der Waals surface area contributed by atoms with Crippen LogP contribution in [0.1, 0.15) is 46.5 Å². The van der Waals surface area contributed by atoms with Crippen molar-refractivity contribution in [2.24, 2.45) is 5.41 Å². The number of halogens is 1. The summed E-state index contributed by atoms with van der Waals surface area (Å²) in [4.78, 5) is 0. The Kier molecular flexibility index (Phi) is 5.15. The Morgan fingerprint density at radius 2 is 1.50 bits per heavy atom. The first kappa shape index (κ1) is 10.3. The smallest absolute Gasteiger partial charge is 0.0277 e. The molecule has 1 heteroatoms. The van der Waals surface area contributed by atoms with Crippen LogP contribution in [0.15, 0.2) is 0 Å². The van der Waals surface area contributed by atoms with Gasteiger partial charge in [-0.15, -0.1) is 11.6 Å². The van der Waals surface area contributed by atoms with Crippen molar-refractivity contribution in [1.29, 1.82) is 0 Å². The summed E-state index contributed by atoms with van der Waals surface area (Å²) in [5.74, 6) is 0.814. The van der Waals surface area contributed by atoms with Gasteiger partial charge in [0, 0.05) is 5.88 Å². The lowest BCUT2D eigenvalue weighted by atomic mass is 9.83. The predicted octanol–water partition coefficient (Wildman–Crippen LogP) is 3.83. The maximum atomic E-state index is 5.87. The van der Waals surface area contributed by atoms with Crippen LogP contribution in [0.25, 0.3) is 0 Å². The molecule has 0 saturated carbocycles. The second-order valence-corrected chi connectivity index (χ2v) is 3.71. The van der Waals surface area contributed by atoms with Crippen molar-refractivity contribution in [3.05, 3.63) is 0 Å². The Morgan fingerprint density at radius 3 is 1.70 bits per heavy atom. The van der Waals surface area contributed by atoms with E-state index >= 15 is 0 Å². The van der Waals surface area contributed by atoms with Gasteiger partial charge in [0.2, 0.25) is 0 Å². The molecular weight excluding hydrogens is 144 g/mol. The van der Waals surface area contributed by atoms with Crippen LogP contribution in [0.4, 0.5) is 0 Å². The Hall–Kier alpha value is 0.290. The lowest BCUT2D eigenvalue weighted by Crippen LogP contribution is -2.17. The molecule has 0 saturated heterocycles. The molecule has 0 aromatic carbocycles. The molecule has 0 radical (unpaired) electrons. The van der Waals surface area contributed by atoms with Gasteiger partial charge >= 0.3 is 0 Å². The number of rotatable bonds is 5. The molecule has 0 aromatic heterocycles. The van der Waals surface area contributed by atoms with E-state index in [1.165, 1.54) is 25.7 Å². The van der Waals surface area contributed by atoms with Gasteiger partial charge in [0.05, 0.1) is 0 Å². The molecule has 0 heterocycles. The minimum Gasteiger partial charge on any atom is -0.126 e. The molecule has 0 aliphatic carbocycles. The molecule has 0 atom stereocenters. The summed E-state index contributed by atoms with van der Waals surface area (Å²) in [7, 11) is 0. The number of hydrogen-bond donors (Lipinski definition) is 0. The molecule has 0 aromatic rings. The maximum Gasteiger partial charge on any atom is 0.0277 e. The summed E-state index contributed by atoms with van der Waals surface area (Å²) >= 11 is 5.87. The standard InChI is InChI=1S/C9H19Cl/c1-4-6-9(3,8-10)7-5-2/h4-8H2,1-3H3. The Labute approximate surface area is 70.0 Å². The van der Waals surface area contributed by atoms with Gasteiger partial charge in [0.1, 0.15) is 0 Å². The van der Waals surface area contributed by atoms with Crippen molar-refractivity contribution in [1.82, 2.24) is 0 Å². The highest BCUT2D eigenvalue weighted by atomic mass is 35.5. The fraction of sp³-hybridized carbons (Fsp3) is 1.00. The van der Waals surface area contributed by atoms with Crippen molar-refractivity contribution < 1.29 is 0 Å². The molecule has 0 nitrogen and oxygen atoms in total. The van der Waals surface area contributed by atoms with Crippen molar-refractivity contribution in [3.8, 4) is 0 Å². The van der Waals surface area contributed by atoms with Gasteiger partial charge in [0.15, 0.2) is 0 Å². The van der Waals surface area contributed by atoms with Crippen molar-refractivity contribution in [2.75, 3.05) is 5.88 Å². The minimum atomic E-state index is 0.408. The van der Waals surface area contributed by atoms with Crippen LogP contribution in [0, 0.1) is 5.41 Å². The normalized spacial score (nSPS) is 12.0. The molecule has 62 valence electrons. The largest absolute Gasteiger partial charge is 0.126 e. The van der Waals surface area contributed by atoms with Gasteiger partial charge in [-0.1, -0.05) is 33.6 Å². The molecule has 0 amide bonds. The van der Waals surface area contributed by atoms with Crippen LogP contribution in [0.2, 0.25) is 0 Å². The van der Waals surface area contributed by atoms with E-state index in [-0.39, 0.29) is 0 Å². The number of hydrogen-bond acceptors (Lipinski definition) is 0. The predicted molar refractivity (Wildman–Crippen MR) is 48.6 cm³/mol. The lowest BCUT2D eigenvalue weighted by molar-refractivity contribution is 0.307. The summed E-state index contributed by atoms with van der Waals surface area (Å²) in [6.07, 6.45) is 5.04. The molecule has 0 aliphatic rings. The van der Waals surface area contributed by atoms with Crippen molar-refractivity contribution in [2.45, 2.75) is 46.5 Å². The van der Waals surface area contributed by atoms with Gasteiger partial charge in [0.25, 0.3) is 0 Å². The first-order valence-electron chi connectivity index (χ1n) is 4.24. The Morgan fingerprint density at radius 1 is 1.10 bits per heavy atom. The summed E-state index contributed by atoms with van der Waals surface area (Å²) in [6, 6.07) is 0. The third-order valence-electron chi connectivity index (χ3n) is 2.03. The van der Waals surface area contributed by atoms with Crippen LogP contribution >= 0.6 is 11.6 Å². The molecule has 0 N–H and O–H groups in total. The van der Waals surface area contributed by atoms with Gasteiger partial charge in [-0.25, -0.2) is 0 Å². The first-order chi connectivity index (χ1) is 4.68. The second kappa shape index (κ2) is 5.01. The highest BCUT2D eigenvalue weighted by Gasteiger charge is 2.20. The quantitative estimate of drug-likeness (QED) is 0.539. The zero-order chi connectivity index (χ0) is 8.04. The van der Waals surface area contributed by atoms with Crippen LogP contribution < -0.4 is 0 Å². The zero-order valence-electron chi connectivity index (χ0n) is 7.41. The average Bonchev–Trinajstić information content (AvgIpc) is 1.89. The zero-order valence-corrected chi connectivity index (χ0v) is 8.17. The van der Waals surface area contributed by atoms with E-state index in [0.717, 1.165) is 5.88 Å². The molecule has 0 unspecified atom stereocenters. The maximum absolute atomic E-state index is 5.87. The van der Waals surface area contributed by atoms with E-state index in [1.807, 2.05) is 0 Å². The molecule has 10 heavy (non-hydrogen) atoms. The highest BCUT2D eigenvalue weighted by Crippen LogP contribution is 2.30. The van der Waals surface area contributed by atoms with E-state index in [0.29, 0.717) is 5.41 Å². The monoisotopic (exact) mass is 162 g/mol. The van der Waals surface area contributed by atoms with Crippen LogP contribution in [0.5, 0.6) is 0 Å². The molecule has 0 rings (SSSR count). The van der Waals surface area contributed by atoms with Gasteiger partial charge in [-0.2, -0.15) is 0 Å². The lowest BCUT2D eigenvalue weighted by Gasteiger charge is -2.25. The van der Waals surface area contributed by atoms with E-state index in [4.69, 9.17) is 11.6 Å². The topological polar surface area (TPSA) is 0 Å². The molecule has 0 aliphatic heterocycles. The van der Waals surface area contributed by atoms with Crippen LogP contribution in [0.3, 0.4) is 0 Å². The summed E-state index contributed by atoms with van der Waals surface area (Å²) in [5.41, 5.74) is 0.408. The van der Waals surface area contributed by atoms with Crippen LogP contribution in [-0.2, 0) is 0 Å². The fourth-order valence-electron chi connectivity index (χ4n) is 1.47. The summed E-state index contributed by atoms with van der Waals surface area (Å²) in [5, 5.41) is 0. The van der Waals surface area contributed by atoms with E-state index in [2.05, 4.69) is 20.8 Å². The SMILES string of the molecule is CCCC(C)(CCl)CCC. The average molecular weight is 163 g/mol. The van der Waals surface area contributed by atoms with Gasteiger partial charge < -0.3 is 0 Å². The summed E-state index contributed by atoms with van der Waals surface area (Å²) < 4.78 is 0. The van der Waals surface area contributed by atoms with Crippen LogP contribution in [-0.4, -0.2) is 5.88 Å². The van der Waals surface area contributed by atoms with Gasteiger partial charge in [-0.05, 0) is 18.3 Å². The fourth-order valence-corrected chi connectivity index (χ4v) is 1.73. The van der Waals surface area contributed by atoms with Crippen molar-refractivity contribution >= 4 is 11.6 Å². The van der Waals surface area contributed by atoms with Gasteiger partial charge in [-0.3, -0.25) is 0 Å². The molecule has 0 spiro atoms. The van der Waals surface area contributed by atoms with E-state index in [1.54, 1.807) is 0 Å². The molecule has 0 bridgehead atoms. The highest BCUT2D eigenvalue weighted by molar-refractivity contribution is 6.18. The third-order valence-corrected chi connectivity index (χ3v) is 2.67. The molecular formula is C9H19Cl. The van der Waals surface area contributed by atoms with Crippen molar-refractivity contribution in [3.63, 3.8) is 0 Å². The third kappa shape index (κ3) is 3.46. The van der Waals surface area contributed by atoms with E-state index < -0.39 is 0 Å². The Bertz CT molecular complexity index is 72.8. The minimum absolute atomic E-state index is 0.408. The Balaban J connectivity index is 3.69. The number of alkyl halides is 1. The van der Waals surface area contributed by atoms with E-state index in [9.17, 15) is 0 Å². The summed E-state index contributed by atoms with van der Waals surface area (Å²) in [6.45, 7) is 6.73. The molecule has 0 fully saturated rings. The second-order valence-electron chi connectivity index (χ2n) is 3.44.